The van der Waals surface area contributed by atoms with Crippen LogP contribution in [0.25, 0.3) is 0 Å². The van der Waals surface area contributed by atoms with Crippen molar-refractivity contribution in [1.82, 2.24) is 0 Å². The van der Waals surface area contributed by atoms with Crippen LogP contribution in [0.4, 0.5) is 10.1 Å². The molecule has 0 saturated carbocycles. The number of anilines is 1. The SMILES string of the molecule is CCOc1ccc(NCc2ccc(Br)c(Cl)c2)cc1F. The maximum Gasteiger partial charge on any atom is 0.167 e. The zero-order valence-corrected chi connectivity index (χ0v) is 13.3. The highest BCUT2D eigenvalue weighted by Crippen LogP contribution is 2.24. The van der Waals surface area contributed by atoms with E-state index in [1.807, 2.05) is 25.1 Å². The molecule has 2 aromatic rings. The summed E-state index contributed by atoms with van der Waals surface area (Å²) < 4.78 is 19.7. The minimum atomic E-state index is -0.370. The van der Waals surface area contributed by atoms with Crippen molar-refractivity contribution < 1.29 is 9.13 Å². The molecule has 0 heterocycles. The molecule has 5 heteroatoms. The molecule has 2 rings (SSSR count). The van der Waals surface area contributed by atoms with Gasteiger partial charge < -0.3 is 10.1 Å². The molecule has 0 aromatic heterocycles. The van der Waals surface area contributed by atoms with E-state index in [1.165, 1.54) is 6.07 Å². The molecule has 106 valence electrons. The molecule has 0 atom stereocenters. The molecule has 0 aliphatic heterocycles. The molecule has 1 N–H and O–H groups in total. The average Bonchev–Trinajstić information content (AvgIpc) is 2.43. The van der Waals surface area contributed by atoms with E-state index in [0.717, 1.165) is 10.0 Å². The average molecular weight is 359 g/mol. The van der Waals surface area contributed by atoms with Gasteiger partial charge in [0, 0.05) is 22.8 Å². The predicted molar refractivity (Wildman–Crippen MR) is 84.0 cm³/mol. The molecular formula is C15H14BrClFNO. The minimum Gasteiger partial charge on any atom is -0.491 e. The molecule has 0 amide bonds. The first kappa shape index (κ1) is 15.1. The van der Waals surface area contributed by atoms with Crippen LogP contribution in [0.3, 0.4) is 0 Å². The van der Waals surface area contributed by atoms with Crippen molar-refractivity contribution in [2.45, 2.75) is 13.5 Å². The minimum absolute atomic E-state index is 0.268. The third-order valence-corrected chi connectivity index (χ3v) is 3.94. The Bertz CT molecular complexity index is 606. The fourth-order valence-corrected chi connectivity index (χ4v) is 2.19. The summed E-state index contributed by atoms with van der Waals surface area (Å²) >= 11 is 9.37. The van der Waals surface area contributed by atoms with Crippen LogP contribution >= 0.6 is 27.5 Å². The van der Waals surface area contributed by atoms with Gasteiger partial charge in [0.05, 0.1) is 11.6 Å². The molecule has 0 aliphatic carbocycles. The van der Waals surface area contributed by atoms with Crippen LogP contribution in [0.2, 0.25) is 5.02 Å². The number of rotatable bonds is 5. The van der Waals surface area contributed by atoms with E-state index < -0.39 is 0 Å². The second kappa shape index (κ2) is 6.95. The molecule has 0 radical (unpaired) electrons. The van der Waals surface area contributed by atoms with E-state index in [1.54, 1.807) is 12.1 Å². The first-order valence-corrected chi connectivity index (χ1v) is 7.37. The van der Waals surface area contributed by atoms with Crippen molar-refractivity contribution in [1.29, 1.82) is 0 Å². The number of nitrogens with one attached hydrogen (secondary N) is 1. The van der Waals surface area contributed by atoms with Gasteiger partial charge in [0.1, 0.15) is 0 Å². The van der Waals surface area contributed by atoms with E-state index in [2.05, 4.69) is 21.2 Å². The highest BCUT2D eigenvalue weighted by molar-refractivity contribution is 9.10. The van der Waals surface area contributed by atoms with E-state index in [4.69, 9.17) is 16.3 Å². The first-order chi connectivity index (χ1) is 9.60. The molecule has 0 saturated heterocycles. The molecule has 0 unspecified atom stereocenters. The van der Waals surface area contributed by atoms with Gasteiger partial charge in [-0.1, -0.05) is 17.7 Å². The number of hydrogen-bond acceptors (Lipinski definition) is 2. The van der Waals surface area contributed by atoms with Gasteiger partial charge >= 0.3 is 0 Å². The van der Waals surface area contributed by atoms with E-state index in [0.29, 0.717) is 23.9 Å². The third kappa shape index (κ3) is 3.87. The van der Waals surface area contributed by atoms with Gasteiger partial charge in [-0.15, -0.1) is 0 Å². The molecule has 20 heavy (non-hydrogen) atoms. The number of hydrogen-bond donors (Lipinski definition) is 1. The predicted octanol–water partition coefficient (Wildman–Crippen LogP) is 5.25. The standard InChI is InChI=1S/C15H14BrClFNO/c1-2-20-15-6-4-11(8-14(15)18)19-9-10-3-5-12(16)13(17)7-10/h3-8,19H,2,9H2,1H3. The van der Waals surface area contributed by atoms with E-state index in [9.17, 15) is 4.39 Å². The monoisotopic (exact) mass is 357 g/mol. The lowest BCUT2D eigenvalue weighted by Crippen LogP contribution is -2.01. The largest absolute Gasteiger partial charge is 0.491 e. The van der Waals surface area contributed by atoms with Crippen molar-refractivity contribution in [2.24, 2.45) is 0 Å². The fraction of sp³-hybridized carbons (Fsp3) is 0.200. The summed E-state index contributed by atoms with van der Waals surface area (Å²) in [5.74, 6) is -0.101. The van der Waals surface area contributed by atoms with Crippen LogP contribution in [0, 0.1) is 5.82 Å². The molecule has 0 aliphatic rings. The smallest absolute Gasteiger partial charge is 0.167 e. The Morgan fingerprint density at radius 3 is 2.70 bits per heavy atom. The van der Waals surface area contributed by atoms with Crippen molar-refractivity contribution >= 4 is 33.2 Å². The van der Waals surface area contributed by atoms with Gasteiger partial charge in [0.25, 0.3) is 0 Å². The van der Waals surface area contributed by atoms with Gasteiger partial charge in [-0.25, -0.2) is 4.39 Å². The summed E-state index contributed by atoms with van der Waals surface area (Å²) in [5.41, 5.74) is 1.72. The summed E-state index contributed by atoms with van der Waals surface area (Å²) in [5, 5.41) is 3.80. The van der Waals surface area contributed by atoms with Crippen LogP contribution in [0.1, 0.15) is 12.5 Å². The van der Waals surface area contributed by atoms with Gasteiger partial charge in [-0.05, 0) is 52.7 Å². The van der Waals surface area contributed by atoms with Crippen LogP contribution < -0.4 is 10.1 Å². The summed E-state index contributed by atoms with van der Waals surface area (Å²) in [6, 6.07) is 10.5. The zero-order valence-electron chi connectivity index (χ0n) is 10.9. The molecular weight excluding hydrogens is 345 g/mol. The van der Waals surface area contributed by atoms with Gasteiger partial charge in [0.15, 0.2) is 11.6 Å². The summed E-state index contributed by atoms with van der Waals surface area (Å²) in [6.45, 7) is 2.84. The normalized spacial score (nSPS) is 10.4. The lowest BCUT2D eigenvalue weighted by Gasteiger charge is -2.10. The molecule has 0 spiro atoms. The Morgan fingerprint density at radius 2 is 2.05 bits per heavy atom. The number of ether oxygens (including phenoxy) is 1. The second-order valence-electron chi connectivity index (χ2n) is 4.18. The Kier molecular flexibility index (Phi) is 5.26. The Morgan fingerprint density at radius 1 is 1.25 bits per heavy atom. The number of benzene rings is 2. The summed E-state index contributed by atoms with van der Waals surface area (Å²) in [7, 11) is 0. The maximum atomic E-state index is 13.7. The molecule has 2 nitrogen and oxygen atoms in total. The lowest BCUT2D eigenvalue weighted by atomic mass is 10.2. The van der Waals surface area contributed by atoms with Crippen LogP contribution in [-0.4, -0.2) is 6.61 Å². The molecule has 2 aromatic carbocycles. The van der Waals surface area contributed by atoms with E-state index >= 15 is 0 Å². The Hall–Kier alpha value is -1.26. The van der Waals surface area contributed by atoms with Gasteiger partial charge in [-0.2, -0.15) is 0 Å². The van der Waals surface area contributed by atoms with Crippen molar-refractivity contribution in [3.05, 3.63) is 57.3 Å². The number of halogens is 3. The fourth-order valence-electron chi connectivity index (χ4n) is 1.74. The first-order valence-electron chi connectivity index (χ1n) is 6.20. The van der Waals surface area contributed by atoms with Crippen LogP contribution in [0.5, 0.6) is 5.75 Å². The molecule has 0 fully saturated rings. The lowest BCUT2D eigenvalue weighted by molar-refractivity contribution is 0.321. The van der Waals surface area contributed by atoms with Crippen molar-refractivity contribution in [2.75, 3.05) is 11.9 Å². The third-order valence-electron chi connectivity index (χ3n) is 2.71. The topological polar surface area (TPSA) is 21.3 Å². The summed E-state index contributed by atoms with van der Waals surface area (Å²) in [4.78, 5) is 0. The van der Waals surface area contributed by atoms with Crippen LogP contribution in [0.15, 0.2) is 40.9 Å². The second-order valence-corrected chi connectivity index (χ2v) is 5.44. The Labute approximate surface area is 131 Å². The quantitative estimate of drug-likeness (QED) is 0.788. The highest BCUT2D eigenvalue weighted by atomic mass is 79.9. The molecule has 0 bridgehead atoms. The van der Waals surface area contributed by atoms with Crippen molar-refractivity contribution in [3.8, 4) is 5.75 Å². The zero-order chi connectivity index (χ0) is 14.5. The van der Waals surface area contributed by atoms with Crippen LogP contribution in [-0.2, 0) is 6.54 Å². The maximum absolute atomic E-state index is 13.7. The summed E-state index contributed by atoms with van der Waals surface area (Å²) in [6.07, 6.45) is 0. The van der Waals surface area contributed by atoms with Gasteiger partial charge in [-0.3, -0.25) is 0 Å². The van der Waals surface area contributed by atoms with E-state index in [-0.39, 0.29) is 11.6 Å². The van der Waals surface area contributed by atoms with Crippen molar-refractivity contribution in [3.63, 3.8) is 0 Å². The highest BCUT2D eigenvalue weighted by Gasteiger charge is 2.04. The Balaban J connectivity index is 2.03. The van der Waals surface area contributed by atoms with Gasteiger partial charge in [0.2, 0.25) is 0 Å².